The summed E-state index contributed by atoms with van der Waals surface area (Å²) in [7, 11) is 1.57. The smallest absolute Gasteiger partial charge is 0.254 e. The Balaban J connectivity index is 1.53. The van der Waals surface area contributed by atoms with Crippen LogP contribution in [0.1, 0.15) is 28.8 Å². The van der Waals surface area contributed by atoms with Gasteiger partial charge in [0.1, 0.15) is 5.75 Å². The van der Waals surface area contributed by atoms with Crippen LogP contribution in [0.4, 0.5) is 5.69 Å². The van der Waals surface area contributed by atoms with E-state index in [1.165, 1.54) is 0 Å². The van der Waals surface area contributed by atoms with Crippen LogP contribution in [0.25, 0.3) is 0 Å². The Kier molecular flexibility index (Phi) is 7.06. The zero-order valence-corrected chi connectivity index (χ0v) is 17.3. The van der Waals surface area contributed by atoms with E-state index in [1.54, 1.807) is 42.3 Å². The molecule has 2 aromatic rings. The van der Waals surface area contributed by atoms with Crippen LogP contribution in [0, 0.1) is 12.8 Å². The summed E-state index contributed by atoms with van der Waals surface area (Å²) in [5, 5.41) is 5.31. The molecule has 1 saturated carbocycles. The minimum Gasteiger partial charge on any atom is -0.497 e. The van der Waals surface area contributed by atoms with E-state index in [0.29, 0.717) is 29.5 Å². The molecular weight excluding hydrogens is 382 g/mol. The molecule has 3 amide bonds. The molecule has 0 spiro atoms. The van der Waals surface area contributed by atoms with Crippen LogP contribution in [-0.4, -0.2) is 49.4 Å². The number of methoxy groups -OCH3 is 1. The standard InChI is InChI=1S/C23H27N3O4/c1-16-5-3-4-6-20(16)23(29)26(14-17-7-8-17)15-22(28)24-13-21(27)25-18-9-11-19(30-2)12-10-18/h3-6,9-12,17H,7-8,13-15H2,1-2H3,(H,24,28)(H,25,27). The second-order valence-electron chi connectivity index (χ2n) is 7.50. The Labute approximate surface area is 176 Å². The average Bonchev–Trinajstić information content (AvgIpc) is 3.56. The van der Waals surface area contributed by atoms with E-state index in [2.05, 4.69) is 10.6 Å². The quantitative estimate of drug-likeness (QED) is 0.666. The van der Waals surface area contributed by atoms with Gasteiger partial charge >= 0.3 is 0 Å². The van der Waals surface area contributed by atoms with Gasteiger partial charge in [0.2, 0.25) is 11.8 Å². The van der Waals surface area contributed by atoms with Gasteiger partial charge in [-0.05, 0) is 61.6 Å². The van der Waals surface area contributed by atoms with E-state index in [9.17, 15) is 14.4 Å². The number of carbonyl (C=O) groups excluding carboxylic acids is 3. The lowest BCUT2D eigenvalue weighted by Gasteiger charge is -2.23. The molecule has 0 radical (unpaired) electrons. The Bertz CT molecular complexity index is 907. The summed E-state index contributed by atoms with van der Waals surface area (Å²) < 4.78 is 5.08. The SMILES string of the molecule is COc1ccc(NC(=O)CNC(=O)CN(CC2CC2)C(=O)c2ccccc2C)cc1. The van der Waals surface area contributed by atoms with Crippen LogP contribution in [0.15, 0.2) is 48.5 Å². The van der Waals surface area contributed by atoms with E-state index in [-0.39, 0.29) is 30.8 Å². The van der Waals surface area contributed by atoms with Gasteiger partial charge in [-0.25, -0.2) is 0 Å². The second-order valence-corrected chi connectivity index (χ2v) is 7.50. The van der Waals surface area contributed by atoms with Gasteiger partial charge in [0, 0.05) is 17.8 Å². The zero-order valence-electron chi connectivity index (χ0n) is 17.3. The highest BCUT2D eigenvalue weighted by Crippen LogP contribution is 2.30. The Hall–Kier alpha value is -3.35. The van der Waals surface area contributed by atoms with Gasteiger partial charge in [0.15, 0.2) is 0 Å². The Morgan fingerprint density at radius 1 is 1.03 bits per heavy atom. The van der Waals surface area contributed by atoms with E-state index in [1.807, 2.05) is 25.1 Å². The Morgan fingerprint density at radius 3 is 2.37 bits per heavy atom. The number of hydrogen-bond donors (Lipinski definition) is 2. The fourth-order valence-corrected chi connectivity index (χ4v) is 3.10. The van der Waals surface area contributed by atoms with Crippen molar-refractivity contribution in [2.45, 2.75) is 19.8 Å². The van der Waals surface area contributed by atoms with Gasteiger partial charge in [-0.15, -0.1) is 0 Å². The van der Waals surface area contributed by atoms with Crippen molar-refractivity contribution in [3.8, 4) is 5.75 Å². The van der Waals surface area contributed by atoms with E-state index in [0.717, 1.165) is 18.4 Å². The lowest BCUT2D eigenvalue weighted by atomic mass is 10.1. The van der Waals surface area contributed by atoms with Crippen LogP contribution < -0.4 is 15.4 Å². The van der Waals surface area contributed by atoms with Gasteiger partial charge in [0.05, 0.1) is 20.2 Å². The molecule has 0 atom stereocenters. The summed E-state index contributed by atoms with van der Waals surface area (Å²) in [6.07, 6.45) is 2.15. The molecule has 0 aromatic heterocycles. The molecule has 0 heterocycles. The minimum atomic E-state index is -0.359. The van der Waals surface area contributed by atoms with Crippen LogP contribution in [0.3, 0.4) is 0 Å². The predicted molar refractivity (Wildman–Crippen MR) is 114 cm³/mol. The fourth-order valence-electron chi connectivity index (χ4n) is 3.10. The summed E-state index contributed by atoms with van der Waals surface area (Å²) in [4.78, 5) is 39.1. The number of ether oxygens (including phenoxy) is 1. The second kappa shape index (κ2) is 9.91. The number of hydrogen-bond acceptors (Lipinski definition) is 4. The van der Waals surface area contributed by atoms with E-state index < -0.39 is 0 Å². The molecule has 0 unspecified atom stereocenters. The molecule has 0 aliphatic heterocycles. The average molecular weight is 409 g/mol. The molecule has 0 saturated heterocycles. The molecule has 2 aromatic carbocycles. The fraction of sp³-hybridized carbons (Fsp3) is 0.348. The number of anilines is 1. The van der Waals surface area contributed by atoms with Crippen molar-refractivity contribution in [2.75, 3.05) is 32.1 Å². The van der Waals surface area contributed by atoms with Crippen molar-refractivity contribution >= 4 is 23.4 Å². The lowest BCUT2D eigenvalue weighted by Crippen LogP contribution is -2.43. The first-order valence-corrected chi connectivity index (χ1v) is 10.0. The third-order valence-corrected chi connectivity index (χ3v) is 4.99. The molecule has 158 valence electrons. The minimum absolute atomic E-state index is 0.0700. The molecule has 1 fully saturated rings. The van der Waals surface area contributed by atoms with E-state index in [4.69, 9.17) is 4.74 Å². The number of rotatable bonds is 9. The first kappa shape index (κ1) is 21.4. The number of amides is 3. The Morgan fingerprint density at radius 2 is 1.73 bits per heavy atom. The molecular formula is C23H27N3O4. The van der Waals surface area contributed by atoms with Crippen molar-refractivity contribution in [2.24, 2.45) is 5.92 Å². The van der Waals surface area contributed by atoms with Crippen molar-refractivity contribution in [1.29, 1.82) is 0 Å². The molecule has 1 aliphatic carbocycles. The summed E-state index contributed by atoms with van der Waals surface area (Å²) in [6, 6.07) is 14.3. The molecule has 7 nitrogen and oxygen atoms in total. The largest absolute Gasteiger partial charge is 0.497 e. The number of nitrogens with one attached hydrogen (secondary N) is 2. The highest BCUT2D eigenvalue weighted by Gasteiger charge is 2.29. The summed E-state index contributed by atoms with van der Waals surface area (Å²) in [5.41, 5.74) is 2.09. The van der Waals surface area contributed by atoms with Gasteiger partial charge in [0.25, 0.3) is 5.91 Å². The van der Waals surface area contributed by atoms with Crippen molar-refractivity contribution in [3.63, 3.8) is 0 Å². The van der Waals surface area contributed by atoms with Crippen molar-refractivity contribution in [1.82, 2.24) is 10.2 Å². The maximum atomic E-state index is 13.0. The van der Waals surface area contributed by atoms with Crippen molar-refractivity contribution in [3.05, 3.63) is 59.7 Å². The van der Waals surface area contributed by atoms with Gasteiger partial charge in [-0.2, -0.15) is 0 Å². The molecule has 2 N–H and O–H groups in total. The molecule has 3 rings (SSSR count). The molecule has 0 bridgehead atoms. The van der Waals surface area contributed by atoms with Crippen LogP contribution in [-0.2, 0) is 9.59 Å². The van der Waals surface area contributed by atoms with Crippen molar-refractivity contribution < 1.29 is 19.1 Å². The highest BCUT2D eigenvalue weighted by molar-refractivity contribution is 5.99. The van der Waals surface area contributed by atoms with Crippen LogP contribution in [0.5, 0.6) is 5.75 Å². The third-order valence-electron chi connectivity index (χ3n) is 4.99. The first-order valence-electron chi connectivity index (χ1n) is 10.0. The van der Waals surface area contributed by atoms with E-state index >= 15 is 0 Å². The molecule has 7 heteroatoms. The highest BCUT2D eigenvalue weighted by atomic mass is 16.5. The van der Waals surface area contributed by atoms with Gasteiger partial charge < -0.3 is 20.3 Å². The first-order chi connectivity index (χ1) is 14.5. The summed E-state index contributed by atoms with van der Waals surface area (Å²) >= 11 is 0. The normalized spacial score (nSPS) is 12.7. The molecule has 30 heavy (non-hydrogen) atoms. The zero-order chi connectivity index (χ0) is 21.5. The number of aryl methyl sites for hydroxylation is 1. The number of nitrogens with zero attached hydrogens (tertiary/aromatic N) is 1. The maximum Gasteiger partial charge on any atom is 0.254 e. The topological polar surface area (TPSA) is 87.7 Å². The third kappa shape index (κ3) is 6.07. The number of carbonyl (C=O) groups is 3. The van der Waals surface area contributed by atoms with Gasteiger partial charge in [-0.3, -0.25) is 14.4 Å². The molecule has 1 aliphatic rings. The maximum absolute atomic E-state index is 13.0. The summed E-state index contributed by atoms with van der Waals surface area (Å²) in [6.45, 7) is 2.20. The monoisotopic (exact) mass is 409 g/mol. The number of benzene rings is 2. The summed E-state index contributed by atoms with van der Waals surface area (Å²) in [5.74, 6) is 0.285. The predicted octanol–water partition coefficient (Wildman–Crippen LogP) is 2.61. The van der Waals surface area contributed by atoms with Crippen LogP contribution >= 0.6 is 0 Å². The van der Waals surface area contributed by atoms with Gasteiger partial charge in [-0.1, -0.05) is 18.2 Å². The van der Waals surface area contributed by atoms with Crippen LogP contribution in [0.2, 0.25) is 0 Å². The lowest BCUT2D eigenvalue weighted by molar-refractivity contribution is -0.124.